The third-order valence-corrected chi connectivity index (χ3v) is 5.10. The first-order chi connectivity index (χ1) is 8.22. The molecule has 0 amide bonds. The minimum atomic E-state index is 0.797. The molecule has 17 heavy (non-hydrogen) atoms. The molecular weight excluding hydrogens is 228 g/mol. The van der Waals surface area contributed by atoms with Crippen LogP contribution in [-0.4, -0.2) is 60.1 Å². The van der Waals surface area contributed by atoms with E-state index in [0.29, 0.717) is 0 Å². The Labute approximate surface area is 111 Å². The summed E-state index contributed by atoms with van der Waals surface area (Å²) in [5.41, 5.74) is 0. The highest BCUT2D eigenvalue weighted by atomic mass is 32.2. The minimum absolute atomic E-state index is 0.797. The molecule has 0 N–H and O–H groups in total. The van der Waals surface area contributed by atoms with Crippen molar-refractivity contribution in [3.63, 3.8) is 0 Å². The predicted molar refractivity (Wildman–Crippen MR) is 77.8 cm³/mol. The van der Waals surface area contributed by atoms with Gasteiger partial charge in [0.15, 0.2) is 0 Å². The fourth-order valence-electron chi connectivity index (χ4n) is 3.41. The molecule has 2 aliphatic heterocycles. The minimum Gasteiger partial charge on any atom is -0.298 e. The number of hydrogen-bond donors (Lipinski definition) is 0. The largest absolute Gasteiger partial charge is 0.298 e. The second-order valence-corrected chi connectivity index (χ2v) is 6.93. The Kier molecular flexibility index (Phi) is 5.19. The van der Waals surface area contributed by atoms with Crippen molar-refractivity contribution in [2.45, 2.75) is 45.2 Å². The van der Waals surface area contributed by atoms with Crippen molar-refractivity contribution in [3.05, 3.63) is 0 Å². The van der Waals surface area contributed by atoms with Crippen LogP contribution in [0.4, 0.5) is 0 Å². The summed E-state index contributed by atoms with van der Waals surface area (Å²) in [6.45, 7) is 10.1. The van der Waals surface area contributed by atoms with Crippen LogP contribution >= 0.6 is 11.8 Å². The number of piperazine rings is 1. The molecule has 2 aliphatic rings. The highest BCUT2D eigenvalue weighted by Crippen LogP contribution is 2.27. The normalized spacial score (nSPS) is 31.1. The molecule has 2 fully saturated rings. The molecular formula is C14H28N2S. The molecule has 0 bridgehead atoms. The Morgan fingerprint density at radius 3 is 2.82 bits per heavy atom. The number of hydrogen-bond acceptors (Lipinski definition) is 3. The summed E-state index contributed by atoms with van der Waals surface area (Å²) in [5.74, 6) is 2.11. The standard InChI is InChI=1S/C14H28N2S/c1-12(2)14-11-15-7-4-6-13(15)10-16(14)8-5-9-17-3/h12-14H,4-11H2,1-3H3. The van der Waals surface area contributed by atoms with Crippen LogP contribution in [0, 0.1) is 5.92 Å². The first-order valence-corrected chi connectivity index (χ1v) is 8.58. The number of thioether (sulfide) groups is 1. The highest BCUT2D eigenvalue weighted by molar-refractivity contribution is 7.98. The Morgan fingerprint density at radius 1 is 1.29 bits per heavy atom. The zero-order valence-corrected chi connectivity index (χ0v) is 12.5. The maximum Gasteiger partial charge on any atom is 0.0246 e. The molecule has 2 unspecified atom stereocenters. The fraction of sp³-hybridized carbons (Fsp3) is 1.00. The molecule has 0 aromatic carbocycles. The average molecular weight is 256 g/mol. The summed E-state index contributed by atoms with van der Waals surface area (Å²) in [7, 11) is 0. The average Bonchev–Trinajstić information content (AvgIpc) is 2.75. The van der Waals surface area contributed by atoms with Gasteiger partial charge in [0.05, 0.1) is 0 Å². The van der Waals surface area contributed by atoms with Crippen molar-refractivity contribution >= 4 is 11.8 Å². The van der Waals surface area contributed by atoms with E-state index < -0.39 is 0 Å². The first kappa shape index (κ1) is 13.7. The maximum atomic E-state index is 2.79. The lowest BCUT2D eigenvalue weighted by Crippen LogP contribution is -2.57. The van der Waals surface area contributed by atoms with E-state index in [0.717, 1.165) is 18.0 Å². The third kappa shape index (κ3) is 3.39. The van der Waals surface area contributed by atoms with Gasteiger partial charge < -0.3 is 0 Å². The summed E-state index contributed by atoms with van der Waals surface area (Å²) in [6.07, 6.45) is 6.43. The summed E-state index contributed by atoms with van der Waals surface area (Å²) in [6, 6.07) is 1.67. The summed E-state index contributed by atoms with van der Waals surface area (Å²) < 4.78 is 0. The van der Waals surface area contributed by atoms with E-state index in [4.69, 9.17) is 0 Å². The van der Waals surface area contributed by atoms with Gasteiger partial charge in [0.2, 0.25) is 0 Å². The van der Waals surface area contributed by atoms with Gasteiger partial charge in [0.1, 0.15) is 0 Å². The summed E-state index contributed by atoms with van der Waals surface area (Å²) >= 11 is 1.98. The van der Waals surface area contributed by atoms with Crippen LogP contribution in [0.2, 0.25) is 0 Å². The van der Waals surface area contributed by atoms with E-state index in [9.17, 15) is 0 Å². The topological polar surface area (TPSA) is 6.48 Å². The zero-order valence-electron chi connectivity index (χ0n) is 11.7. The third-order valence-electron chi connectivity index (χ3n) is 4.40. The molecule has 0 radical (unpaired) electrons. The van der Waals surface area contributed by atoms with Gasteiger partial charge in [0.25, 0.3) is 0 Å². The van der Waals surface area contributed by atoms with Gasteiger partial charge in [-0.25, -0.2) is 0 Å². The molecule has 2 rings (SSSR count). The highest BCUT2D eigenvalue weighted by Gasteiger charge is 2.36. The summed E-state index contributed by atoms with van der Waals surface area (Å²) in [5, 5.41) is 0. The van der Waals surface area contributed by atoms with Crippen LogP contribution < -0.4 is 0 Å². The molecule has 0 aromatic rings. The van der Waals surface area contributed by atoms with Gasteiger partial charge in [-0.05, 0) is 50.3 Å². The summed E-state index contributed by atoms with van der Waals surface area (Å²) in [4.78, 5) is 5.53. The number of fused-ring (bicyclic) bond motifs is 1. The second kappa shape index (κ2) is 6.44. The Balaban J connectivity index is 1.90. The van der Waals surface area contributed by atoms with Crippen molar-refractivity contribution in [1.82, 2.24) is 9.80 Å². The van der Waals surface area contributed by atoms with E-state index in [-0.39, 0.29) is 0 Å². The van der Waals surface area contributed by atoms with E-state index in [2.05, 4.69) is 29.9 Å². The molecule has 2 heterocycles. The first-order valence-electron chi connectivity index (χ1n) is 7.19. The lowest BCUT2D eigenvalue weighted by molar-refractivity contribution is 0.0297. The van der Waals surface area contributed by atoms with Crippen molar-refractivity contribution in [3.8, 4) is 0 Å². The quantitative estimate of drug-likeness (QED) is 0.698. The molecule has 2 saturated heterocycles. The SMILES string of the molecule is CSCCCN1CC2CCCN2CC1C(C)C. The molecule has 0 saturated carbocycles. The second-order valence-electron chi connectivity index (χ2n) is 5.94. The molecule has 0 aromatic heterocycles. The Morgan fingerprint density at radius 2 is 2.12 bits per heavy atom. The van der Waals surface area contributed by atoms with Crippen LogP contribution in [0.15, 0.2) is 0 Å². The Hall–Kier alpha value is 0.270. The Bertz CT molecular complexity index is 232. The lowest BCUT2D eigenvalue weighted by Gasteiger charge is -2.45. The lowest BCUT2D eigenvalue weighted by atomic mass is 9.97. The fourth-order valence-corrected chi connectivity index (χ4v) is 3.82. The molecule has 0 aliphatic carbocycles. The maximum absolute atomic E-state index is 2.79. The van der Waals surface area contributed by atoms with Gasteiger partial charge in [-0.2, -0.15) is 11.8 Å². The van der Waals surface area contributed by atoms with Crippen molar-refractivity contribution in [1.29, 1.82) is 0 Å². The van der Waals surface area contributed by atoms with Crippen molar-refractivity contribution < 1.29 is 0 Å². The van der Waals surface area contributed by atoms with E-state index >= 15 is 0 Å². The molecule has 2 nitrogen and oxygen atoms in total. The smallest absolute Gasteiger partial charge is 0.0246 e. The van der Waals surface area contributed by atoms with Crippen LogP contribution in [-0.2, 0) is 0 Å². The van der Waals surface area contributed by atoms with Gasteiger partial charge in [-0.1, -0.05) is 13.8 Å². The molecule has 2 atom stereocenters. The molecule has 3 heteroatoms. The number of rotatable bonds is 5. The monoisotopic (exact) mass is 256 g/mol. The molecule has 100 valence electrons. The van der Waals surface area contributed by atoms with Crippen molar-refractivity contribution in [2.75, 3.05) is 38.2 Å². The van der Waals surface area contributed by atoms with E-state index in [1.165, 1.54) is 51.2 Å². The van der Waals surface area contributed by atoms with Gasteiger partial charge in [0, 0.05) is 25.2 Å². The number of nitrogens with zero attached hydrogens (tertiary/aromatic N) is 2. The van der Waals surface area contributed by atoms with Crippen LogP contribution in [0.1, 0.15) is 33.1 Å². The van der Waals surface area contributed by atoms with Crippen LogP contribution in [0.3, 0.4) is 0 Å². The van der Waals surface area contributed by atoms with Crippen LogP contribution in [0.25, 0.3) is 0 Å². The van der Waals surface area contributed by atoms with Gasteiger partial charge in [-0.3, -0.25) is 9.80 Å². The van der Waals surface area contributed by atoms with E-state index in [1.54, 1.807) is 0 Å². The zero-order chi connectivity index (χ0) is 12.3. The van der Waals surface area contributed by atoms with E-state index in [1.807, 2.05) is 11.8 Å². The van der Waals surface area contributed by atoms with Gasteiger partial charge >= 0.3 is 0 Å². The molecule has 0 spiro atoms. The predicted octanol–water partition coefficient (Wildman–Crippen LogP) is 2.54. The van der Waals surface area contributed by atoms with Gasteiger partial charge in [-0.15, -0.1) is 0 Å². The van der Waals surface area contributed by atoms with Crippen molar-refractivity contribution in [2.24, 2.45) is 5.92 Å². The van der Waals surface area contributed by atoms with Crippen LogP contribution in [0.5, 0.6) is 0 Å².